The average molecular weight is 436 g/mol. The maximum Gasteiger partial charge on any atom is 0.225 e. The number of hydrogen-bond donors (Lipinski definition) is 1. The first-order valence-electron chi connectivity index (χ1n) is 11.5. The summed E-state index contributed by atoms with van der Waals surface area (Å²) in [5.74, 6) is 1.78. The molecule has 0 bridgehead atoms. The van der Waals surface area contributed by atoms with Crippen molar-refractivity contribution in [2.45, 2.75) is 72.9 Å². The van der Waals surface area contributed by atoms with Crippen molar-refractivity contribution in [3.63, 3.8) is 0 Å². The molecule has 1 atom stereocenters. The third kappa shape index (κ3) is 5.70. The van der Waals surface area contributed by atoms with Gasteiger partial charge in [0, 0.05) is 12.0 Å². The molecule has 0 spiro atoms. The molecule has 1 amide bonds. The number of ether oxygens (including phenoxy) is 1. The minimum Gasteiger partial charge on any atom is -0.494 e. The summed E-state index contributed by atoms with van der Waals surface area (Å²) in [7, 11) is 0. The fourth-order valence-corrected chi connectivity index (χ4v) is 3.60. The van der Waals surface area contributed by atoms with E-state index >= 15 is 0 Å². The van der Waals surface area contributed by atoms with Gasteiger partial charge in [0.25, 0.3) is 0 Å². The number of amides is 1. The molecule has 0 saturated carbocycles. The van der Waals surface area contributed by atoms with Crippen molar-refractivity contribution in [3.8, 4) is 5.75 Å². The summed E-state index contributed by atoms with van der Waals surface area (Å²) < 4.78 is 8.19. The predicted octanol–water partition coefficient (Wildman–Crippen LogP) is 6.03. The van der Waals surface area contributed by atoms with Crippen LogP contribution >= 0.6 is 0 Å². The van der Waals surface area contributed by atoms with Crippen molar-refractivity contribution in [3.05, 3.63) is 59.9 Å². The standard InChI is InChI=1S/C27H37N3O2/c1-19(28-25(31)27(5,6)7)24-29-22-11-8-9-12-23(22)30(24)17-10-18-32-21-15-13-20(14-16-21)26(2,3)4/h8-9,11-16,19H,10,17-18H2,1-7H3,(H,28,31). The van der Waals surface area contributed by atoms with Gasteiger partial charge in [-0.05, 0) is 48.6 Å². The van der Waals surface area contributed by atoms with Crippen LogP contribution < -0.4 is 10.1 Å². The van der Waals surface area contributed by atoms with E-state index in [9.17, 15) is 4.79 Å². The van der Waals surface area contributed by atoms with Gasteiger partial charge < -0.3 is 14.6 Å². The Kier molecular flexibility index (Phi) is 6.97. The van der Waals surface area contributed by atoms with E-state index in [1.807, 2.05) is 58.0 Å². The van der Waals surface area contributed by atoms with E-state index < -0.39 is 5.41 Å². The molecule has 0 radical (unpaired) electrons. The highest BCUT2D eigenvalue weighted by molar-refractivity contribution is 5.82. The molecular weight excluding hydrogens is 398 g/mol. The molecule has 5 heteroatoms. The molecule has 1 unspecified atom stereocenters. The van der Waals surface area contributed by atoms with Crippen LogP contribution in [0.25, 0.3) is 11.0 Å². The van der Waals surface area contributed by atoms with Crippen LogP contribution in [0.2, 0.25) is 0 Å². The lowest BCUT2D eigenvalue weighted by molar-refractivity contribution is -0.129. The summed E-state index contributed by atoms with van der Waals surface area (Å²) in [6.45, 7) is 15.8. The van der Waals surface area contributed by atoms with Crippen molar-refractivity contribution in [1.82, 2.24) is 14.9 Å². The van der Waals surface area contributed by atoms with E-state index in [-0.39, 0.29) is 17.4 Å². The Morgan fingerprint density at radius 2 is 1.69 bits per heavy atom. The van der Waals surface area contributed by atoms with Crippen molar-refractivity contribution in [1.29, 1.82) is 0 Å². The third-order valence-corrected chi connectivity index (χ3v) is 5.62. The van der Waals surface area contributed by atoms with Crippen molar-refractivity contribution >= 4 is 16.9 Å². The number of fused-ring (bicyclic) bond motifs is 1. The number of rotatable bonds is 7. The molecule has 32 heavy (non-hydrogen) atoms. The second-order valence-corrected chi connectivity index (χ2v) is 10.5. The number of nitrogens with zero attached hydrogens (tertiary/aromatic N) is 2. The monoisotopic (exact) mass is 435 g/mol. The van der Waals surface area contributed by atoms with Crippen LogP contribution in [0.4, 0.5) is 0 Å². The molecule has 0 fully saturated rings. The molecule has 0 aliphatic carbocycles. The molecule has 0 aliphatic heterocycles. The van der Waals surface area contributed by atoms with Gasteiger partial charge >= 0.3 is 0 Å². The minimum absolute atomic E-state index is 0.0191. The molecule has 0 saturated heterocycles. The van der Waals surface area contributed by atoms with Gasteiger partial charge in [0.1, 0.15) is 11.6 Å². The van der Waals surface area contributed by atoms with E-state index in [4.69, 9.17) is 9.72 Å². The second-order valence-electron chi connectivity index (χ2n) is 10.5. The van der Waals surface area contributed by atoms with E-state index in [0.29, 0.717) is 6.61 Å². The fraction of sp³-hybridized carbons (Fsp3) is 0.481. The zero-order chi connectivity index (χ0) is 23.5. The van der Waals surface area contributed by atoms with Crippen LogP contribution in [0.1, 0.15) is 72.3 Å². The first kappa shape index (κ1) is 23.8. The number of para-hydroxylation sites is 2. The van der Waals surface area contributed by atoms with E-state index in [1.165, 1.54) is 5.56 Å². The Balaban J connectivity index is 1.68. The number of carbonyl (C=O) groups is 1. The highest BCUT2D eigenvalue weighted by atomic mass is 16.5. The van der Waals surface area contributed by atoms with Gasteiger partial charge in [-0.1, -0.05) is 65.8 Å². The van der Waals surface area contributed by atoms with Gasteiger partial charge in [0.15, 0.2) is 0 Å². The van der Waals surface area contributed by atoms with Crippen LogP contribution in [-0.4, -0.2) is 22.1 Å². The van der Waals surface area contributed by atoms with E-state index in [0.717, 1.165) is 35.6 Å². The molecule has 3 rings (SSSR count). The van der Waals surface area contributed by atoms with Gasteiger partial charge in [0.2, 0.25) is 5.91 Å². The lowest BCUT2D eigenvalue weighted by Crippen LogP contribution is -2.37. The summed E-state index contributed by atoms with van der Waals surface area (Å²) in [5.41, 5.74) is 3.01. The highest BCUT2D eigenvalue weighted by Crippen LogP contribution is 2.25. The number of carbonyl (C=O) groups excluding carboxylic acids is 1. The Morgan fingerprint density at radius 1 is 1.03 bits per heavy atom. The second kappa shape index (κ2) is 9.35. The number of benzene rings is 2. The van der Waals surface area contributed by atoms with Crippen LogP contribution in [0.3, 0.4) is 0 Å². The quantitative estimate of drug-likeness (QED) is 0.461. The van der Waals surface area contributed by atoms with Crippen LogP contribution in [-0.2, 0) is 16.8 Å². The molecule has 0 aliphatic rings. The fourth-order valence-electron chi connectivity index (χ4n) is 3.60. The maximum atomic E-state index is 12.5. The third-order valence-electron chi connectivity index (χ3n) is 5.62. The zero-order valence-corrected chi connectivity index (χ0v) is 20.5. The molecule has 172 valence electrons. The molecule has 5 nitrogen and oxygen atoms in total. The maximum absolute atomic E-state index is 12.5. The van der Waals surface area contributed by atoms with Gasteiger partial charge in [-0.2, -0.15) is 0 Å². The Hall–Kier alpha value is -2.82. The molecule has 3 aromatic rings. The van der Waals surface area contributed by atoms with E-state index in [1.54, 1.807) is 0 Å². The van der Waals surface area contributed by atoms with Gasteiger partial charge in [0.05, 0.1) is 23.7 Å². The molecule has 1 N–H and O–H groups in total. The molecule has 1 aromatic heterocycles. The summed E-state index contributed by atoms with van der Waals surface area (Å²) >= 11 is 0. The smallest absolute Gasteiger partial charge is 0.225 e. The van der Waals surface area contributed by atoms with Gasteiger partial charge in [-0.25, -0.2) is 4.98 Å². The number of aromatic nitrogens is 2. The highest BCUT2D eigenvalue weighted by Gasteiger charge is 2.25. The van der Waals surface area contributed by atoms with Gasteiger partial charge in [-0.15, -0.1) is 0 Å². The minimum atomic E-state index is -0.443. The first-order valence-corrected chi connectivity index (χ1v) is 11.5. The summed E-state index contributed by atoms with van der Waals surface area (Å²) in [4.78, 5) is 17.3. The number of nitrogens with one attached hydrogen (secondary N) is 1. The topological polar surface area (TPSA) is 56.2 Å². The first-order chi connectivity index (χ1) is 15.0. The van der Waals surface area contributed by atoms with Crippen molar-refractivity contribution < 1.29 is 9.53 Å². The van der Waals surface area contributed by atoms with Gasteiger partial charge in [-0.3, -0.25) is 4.79 Å². The van der Waals surface area contributed by atoms with Crippen molar-refractivity contribution in [2.24, 2.45) is 5.41 Å². The predicted molar refractivity (Wildman–Crippen MR) is 131 cm³/mol. The zero-order valence-electron chi connectivity index (χ0n) is 20.5. The number of imidazole rings is 1. The molecular formula is C27H37N3O2. The Labute approximate surface area is 192 Å². The number of aryl methyl sites for hydroxylation is 1. The normalized spacial score (nSPS) is 13.2. The lowest BCUT2D eigenvalue weighted by atomic mass is 9.87. The summed E-state index contributed by atoms with van der Waals surface area (Å²) in [6.07, 6.45) is 0.842. The van der Waals surface area contributed by atoms with Crippen molar-refractivity contribution in [2.75, 3.05) is 6.61 Å². The summed E-state index contributed by atoms with van der Waals surface area (Å²) in [5, 5.41) is 3.12. The van der Waals surface area contributed by atoms with Crippen LogP contribution in [0.15, 0.2) is 48.5 Å². The largest absolute Gasteiger partial charge is 0.494 e. The average Bonchev–Trinajstić information content (AvgIpc) is 3.09. The number of hydrogen-bond acceptors (Lipinski definition) is 3. The summed E-state index contributed by atoms with van der Waals surface area (Å²) in [6, 6.07) is 16.3. The Bertz CT molecular complexity index is 1050. The SMILES string of the molecule is CC(NC(=O)C(C)(C)C)c1nc2ccccc2n1CCCOc1ccc(C(C)(C)C)cc1. The molecule has 1 heterocycles. The Morgan fingerprint density at radius 3 is 2.31 bits per heavy atom. The molecule has 2 aromatic carbocycles. The van der Waals surface area contributed by atoms with E-state index in [2.05, 4.69) is 48.9 Å². The lowest BCUT2D eigenvalue weighted by Gasteiger charge is -2.22. The van der Waals surface area contributed by atoms with Crippen LogP contribution in [0, 0.1) is 5.41 Å². The van der Waals surface area contributed by atoms with Crippen LogP contribution in [0.5, 0.6) is 5.75 Å².